The first kappa shape index (κ1) is 50.3. The Hall–Kier alpha value is -2.88. The minimum Gasteiger partial charge on any atom is -0.493 e. The van der Waals surface area contributed by atoms with Crippen LogP contribution in [0, 0.1) is 0 Å². The average molecular weight is 900 g/mol. The largest absolute Gasteiger partial charge is 0.493 e. The molecular formula is C28H22F26O3. The first-order chi connectivity index (χ1) is 25.0. The fourth-order valence-electron chi connectivity index (χ4n) is 4.96. The Morgan fingerprint density at radius 2 is 0.877 bits per heavy atom. The van der Waals surface area contributed by atoms with Gasteiger partial charge in [0.1, 0.15) is 5.75 Å². The van der Waals surface area contributed by atoms with E-state index in [1.807, 2.05) is 0 Å². The van der Waals surface area contributed by atoms with Gasteiger partial charge in [-0.05, 0) is 13.0 Å². The number of rotatable bonds is 17. The van der Waals surface area contributed by atoms with Gasteiger partial charge in [-0.25, -0.2) is 0 Å². The van der Waals surface area contributed by atoms with Crippen molar-refractivity contribution < 1.29 is 128 Å². The summed E-state index contributed by atoms with van der Waals surface area (Å²) >= 11 is 0. The Morgan fingerprint density at radius 1 is 0.526 bits per heavy atom. The highest BCUT2D eigenvalue weighted by molar-refractivity contribution is 5.35. The minimum atomic E-state index is -8.42. The number of halogens is 26. The van der Waals surface area contributed by atoms with E-state index in [4.69, 9.17) is 14.2 Å². The molecule has 0 radical (unpaired) electrons. The van der Waals surface area contributed by atoms with E-state index in [-0.39, 0.29) is 17.9 Å². The molecule has 334 valence electrons. The van der Waals surface area contributed by atoms with Crippen LogP contribution in [0.15, 0.2) is 24.3 Å². The quantitative estimate of drug-likeness (QED) is 0.146. The van der Waals surface area contributed by atoms with Gasteiger partial charge in [-0.15, -0.1) is 0 Å². The minimum absolute atomic E-state index is 0.244. The zero-order chi connectivity index (χ0) is 45.1. The second-order valence-electron chi connectivity index (χ2n) is 12.1. The number of para-hydroxylation sites is 1. The number of alkyl halides is 26. The first-order valence-corrected chi connectivity index (χ1v) is 15.0. The van der Waals surface area contributed by atoms with Gasteiger partial charge in [-0.3, -0.25) is 0 Å². The smallest absolute Gasteiger partial charge is 0.460 e. The summed E-state index contributed by atoms with van der Waals surface area (Å²) < 4.78 is 370. The third kappa shape index (κ3) is 8.07. The topological polar surface area (TPSA) is 27.7 Å². The lowest BCUT2D eigenvalue weighted by atomic mass is 9.88. The Morgan fingerprint density at radius 3 is 1.23 bits per heavy atom. The Balaban J connectivity index is 2.68. The number of ether oxygens (including phenoxy) is 3. The lowest BCUT2D eigenvalue weighted by Gasteiger charge is -2.45. The maximum atomic E-state index is 14.7. The van der Waals surface area contributed by atoms with Crippen molar-refractivity contribution in [2.75, 3.05) is 13.2 Å². The van der Waals surface area contributed by atoms with Crippen molar-refractivity contribution in [2.45, 2.75) is 122 Å². The van der Waals surface area contributed by atoms with Crippen LogP contribution >= 0.6 is 0 Å². The molecule has 1 aliphatic rings. The summed E-state index contributed by atoms with van der Waals surface area (Å²) in [4.78, 5) is 0. The molecule has 2 rings (SSSR count). The van der Waals surface area contributed by atoms with Crippen molar-refractivity contribution >= 4 is 0 Å². The predicted octanol–water partition coefficient (Wildman–Crippen LogP) is 12.3. The van der Waals surface area contributed by atoms with Crippen molar-refractivity contribution in [3.05, 3.63) is 29.8 Å². The summed E-state index contributed by atoms with van der Waals surface area (Å²) in [5, 5.41) is 0. The fraction of sp³-hybridized carbons (Fsp3) is 0.786. The standard InChI is InChI=1S/C28H22F26O3/c1-2-55-14-6-4-3-5-13(14)15-7-12-56-16(57-15,8-10-17(29,30)19(33,34)21(37,38)23(41,42)25(45,46)27(49,50)51)9-11-18(31,32)20(35,36)22(39,40)24(43,44)26(47,48)28(52,53)54/h3-6,15H,2,7-12H2,1H3. The highest BCUT2D eigenvalue weighted by Gasteiger charge is 2.92. The van der Waals surface area contributed by atoms with Gasteiger partial charge in [0.05, 0.1) is 19.3 Å². The van der Waals surface area contributed by atoms with E-state index in [9.17, 15) is 114 Å². The van der Waals surface area contributed by atoms with Gasteiger partial charge in [0.25, 0.3) is 0 Å². The highest BCUT2D eigenvalue weighted by Crippen LogP contribution is 2.63. The van der Waals surface area contributed by atoms with Crippen LogP contribution in [0.5, 0.6) is 5.75 Å². The molecule has 0 bridgehead atoms. The second kappa shape index (κ2) is 15.0. The van der Waals surface area contributed by atoms with Crippen LogP contribution in [-0.4, -0.2) is 90.6 Å². The highest BCUT2D eigenvalue weighted by atomic mass is 19.4. The summed E-state index contributed by atoms with van der Waals surface area (Å²) in [6, 6.07) is 4.34. The predicted molar refractivity (Wildman–Crippen MR) is 135 cm³/mol. The lowest BCUT2D eigenvalue weighted by Crippen LogP contribution is -2.70. The average Bonchev–Trinajstić information content (AvgIpc) is 3.05. The van der Waals surface area contributed by atoms with Crippen molar-refractivity contribution in [3.63, 3.8) is 0 Å². The van der Waals surface area contributed by atoms with Crippen LogP contribution in [0.1, 0.15) is 50.7 Å². The number of hydrogen-bond donors (Lipinski definition) is 0. The Labute approximate surface area is 300 Å². The van der Waals surface area contributed by atoms with E-state index in [0.29, 0.717) is 0 Å². The van der Waals surface area contributed by atoms with Gasteiger partial charge in [-0.2, -0.15) is 114 Å². The number of benzene rings is 1. The molecule has 0 N–H and O–H groups in total. The molecule has 1 aliphatic heterocycles. The molecule has 1 aromatic rings. The van der Waals surface area contributed by atoms with Crippen LogP contribution in [0.25, 0.3) is 0 Å². The second-order valence-corrected chi connectivity index (χ2v) is 12.1. The van der Waals surface area contributed by atoms with Crippen molar-refractivity contribution in [1.82, 2.24) is 0 Å². The van der Waals surface area contributed by atoms with Crippen LogP contribution < -0.4 is 4.74 Å². The van der Waals surface area contributed by atoms with Crippen LogP contribution in [0.2, 0.25) is 0 Å². The molecule has 1 atom stereocenters. The third-order valence-electron chi connectivity index (χ3n) is 8.30. The zero-order valence-corrected chi connectivity index (χ0v) is 27.4. The molecule has 1 aromatic carbocycles. The van der Waals surface area contributed by atoms with E-state index in [1.165, 1.54) is 13.0 Å². The number of hydrogen-bond acceptors (Lipinski definition) is 3. The summed E-state index contributed by atoms with van der Waals surface area (Å²) in [6.07, 6.45) is -30.0. The van der Waals surface area contributed by atoms with Crippen molar-refractivity contribution in [3.8, 4) is 5.75 Å². The molecule has 1 unspecified atom stereocenters. The lowest BCUT2D eigenvalue weighted by molar-refractivity contribution is -0.442. The van der Waals surface area contributed by atoms with Gasteiger partial charge >= 0.3 is 71.6 Å². The normalized spacial score (nSPS) is 19.2. The van der Waals surface area contributed by atoms with Crippen molar-refractivity contribution in [2.24, 2.45) is 0 Å². The maximum Gasteiger partial charge on any atom is 0.460 e. The van der Waals surface area contributed by atoms with Gasteiger partial charge in [0.15, 0.2) is 5.79 Å². The molecule has 1 heterocycles. The monoisotopic (exact) mass is 900 g/mol. The van der Waals surface area contributed by atoms with Crippen LogP contribution in [0.3, 0.4) is 0 Å². The first-order valence-electron chi connectivity index (χ1n) is 15.0. The van der Waals surface area contributed by atoms with E-state index >= 15 is 0 Å². The Bertz CT molecular complexity index is 1450. The Kier molecular flexibility index (Phi) is 13.2. The SMILES string of the molecule is CCOc1ccccc1C1CCOC(CCC(F)(F)C(F)(F)C(F)(F)C(F)(F)C(F)(F)C(F)(F)F)(CCC(F)(F)C(F)(F)C(F)(F)C(F)(F)C(F)(F)C(F)(F)F)O1. The van der Waals surface area contributed by atoms with Crippen molar-refractivity contribution in [1.29, 1.82) is 0 Å². The molecule has 0 aromatic heterocycles. The molecular weight excluding hydrogens is 878 g/mol. The fourth-order valence-corrected chi connectivity index (χ4v) is 4.96. The van der Waals surface area contributed by atoms with Gasteiger partial charge in [0.2, 0.25) is 0 Å². The molecule has 0 aliphatic carbocycles. The maximum absolute atomic E-state index is 14.7. The van der Waals surface area contributed by atoms with E-state index in [1.54, 1.807) is 0 Å². The summed E-state index contributed by atoms with van der Waals surface area (Å²) in [5.41, 5.74) is -0.345. The van der Waals surface area contributed by atoms with E-state index in [2.05, 4.69) is 0 Å². The summed E-state index contributed by atoms with van der Waals surface area (Å²) in [7, 11) is 0. The molecule has 0 spiro atoms. The molecule has 1 fully saturated rings. The molecule has 0 saturated carbocycles. The molecule has 0 amide bonds. The van der Waals surface area contributed by atoms with E-state index < -0.39 is 122 Å². The van der Waals surface area contributed by atoms with Crippen LogP contribution in [-0.2, 0) is 9.47 Å². The van der Waals surface area contributed by atoms with Gasteiger partial charge in [0, 0.05) is 37.7 Å². The molecule has 1 saturated heterocycles. The van der Waals surface area contributed by atoms with E-state index in [0.717, 1.165) is 18.2 Å². The van der Waals surface area contributed by atoms with Gasteiger partial charge < -0.3 is 14.2 Å². The summed E-state index contributed by atoms with van der Waals surface area (Å²) in [5.74, 6) is -84.2. The van der Waals surface area contributed by atoms with Crippen LogP contribution in [0.4, 0.5) is 114 Å². The molecule has 57 heavy (non-hydrogen) atoms. The molecule has 3 nitrogen and oxygen atoms in total. The summed E-state index contributed by atoms with van der Waals surface area (Å²) in [6.45, 7) is -0.107. The van der Waals surface area contributed by atoms with Gasteiger partial charge in [-0.1, -0.05) is 18.2 Å². The molecule has 29 heteroatoms. The zero-order valence-electron chi connectivity index (χ0n) is 27.4. The third-order valence-corrected chi connectivity index (χ3v) is 8.30.